The predicted octanol–water partition coefficient (Wildman–Crippen LogP) is 7.44. The molecule has 0 unspecified atom stereocenters. The van der Waals surface area contributed by atoms with Crippen LogP contribution in [0.4, 0.5) is 5.69 Å². The third-order valence-electron chi connectivity index (χ3n) is 5.28. The molecule has 1 aliphatic carbocycles. The van der Waals surface area contributed by atoms with E-state index in [0.29, 0.717) is 27.2 Å². The number of hydrogen-bond acceptors (Lipinski definition) is 3. The van der Waals surface area contributed by atoms with Gasteiger partial charge in [-0.1, -0.05) is 56.3 Å². The molecule has 29 heavy (non-hydrogen) atoms. The summed E-state index contributed by atoms with van der Waals surface area (Å²) in [4.78, 5) is 12.5. The molecule has 1 aliphatic rings. The number of ether oxygens (including phenoxy) is 2. The Hall–Kier alpha value is -1.91. The van der Waals surface area contributed by atoms with Crippen molar-refractivity contribution in [1.29, 1.82) is 0 Å². The monoisotopic (exact) mass is 435 g/mol. The van der Waals surface area contributed by atoms with E-state index in [1.165, 1.54) is 6.42 Å². The lowest BCUT2D eigenvalue weighted by Crippen LogP contribution is -2.24. The van der Waals surface area contributed by atoms with Gasteiger partial charge in [0.2, 0.25) is 5.91 Å². The van der Waals surface area contributed by atoms with E-state index < -0.39 is 0 Å². The molecule has 0 aliphatic heterocycles. The molecule has 0 bridgehead atoms. The highest BCUT2D eigenvalue weighted by Crippen LogP contribution is 2.40. The lowest BCUT2D eigenvalue weighted by atomic mass is 9.88. The molecular weight excluding hydrogens is 409 g/mol. The maximum atomic E-state index is 12.5. The number of carbonyl (C=O) groups is 1. The van der Waals surface area contributed by atoms with Gasteiger partial charge in [0, 0.05) is 17.2 Å². The Kier molecular flexibility index (Phi) is 7.31. The van der Waals surface area contributed by atoms with Crippen molar-refractivity contribution in [3.63, 3.8) is 0 Å². The highest BCUT2D eigenvalue weighted by atomic mass is 35.5. The SMILES string of the molecule is COc1ccc(Oc2c(Cl)cc(NC(=O)C3CCCCC3)cc2Cl)cc1C(C)C. The van der Waals surface area contributed by atoms with Crippen molar-refractivity contribution in [2.24, 2.45) is 5.92 Å². The number of hydrogen-bond donors (Lipinski definition) is 1. The lowest BCUT2D eigenvalue weighted by molar-refractivity contribution is -0.120. The normalized spacial score (nSPS) is 14.7. The Morgan fingerprint density at radius 3 is 2.31 bits per heavy atom. The summed E-state index contributed by atoms with van der Waals surface area (Å²) in [6, 6.07) is 8.96. The average molecular weight is 436 g/mol. The summed E-state index contributed by atoms with van der Waals surface area (Å²) < 4.78 is 11.4. The third-order valence-corrected chi connectivity index (χ3v) is 5.85. The molecule has 1 saturated carbocycles. The lowest BCUT2D eigenvalue weighted by Gasteiger charge is -2.21. The molecular formula is C23H27Cl2NO3. The fourth-order valence-corrected chi connectivity index (χ4v) is 4.25. The second-order valence-corrected chi connectivity index (χ2v) is 8.57. The molecule has 6 heteroatoms. The van der Waals surface area contributed by atoms with Crippen molar-refractivity contribution in [3.8, 4) is 17.2 Å². The van der Waals surface area contributed by atoms with Crippen molar-refractivity contribution < 1.29 is 14.3 Å². The first-order valence-electron chi connectivity index (χ1n) is 10.0. The zero-order valence-electron chi connectivity index (χ0n) is 17.1. The molecule has 0 aromatic heterocycles. The van der Waals surface area contributed by atoms with Crippen LogP contribution in [0.5, 0.6) is 17.2 Å². The Morgan fingerprint density at radius 1 is 1.07 bits per heavy atom. The highest BCUT2D eigenvalue weighted by Gasteiger charge is 2.22. The van der Waals surface area contributed by atoms with Gasteiger partial charge in [-0.3, -0.25) is 4.79 Å². The number of rotatable bonds is 6. The van der Waals surface area contributed by atoms with Gasteiger partial charge in [0.05, 0.1) is 17.2 Å². The van der Waals surface area contributed by atoms with Gasteiger partial charge in [-0.25, -0.2) is 0 Å². The van der Waals surface area contributed by atoms with Crippen molar-refractivity contribution in [2.45, 2.75) is 51.9 Å². The molecule has 4 nitrogen and oxygen atoms in total. The number of nitrogens with one attached hydrogen (secondary N) is 1. The van der Waals surface area contributed by atoms with Gasteiger partial charge in [-0.15, -0.1) is 0 Å². The number of methoxy groups -OCH3 is 1. The third kappa shape index (κ3) is 5.37. The number of benzene rings is 2. The maximum Gasteiger partial charge on any atom is 0.227 e. The van der Waals surface area contributed by atoms with Crippen LogP contribution in [0.2, 0.25) is 10.0 Å². The van der Waals surface area contributed by atoms with Crippen molar-refractivity contribution >= 4 is 34.8 Å². The largest absolute Gasteiger partial charge is 0.496 e. The molecule has 0 atom stereocenters. The summed E-state index contributed by atoms with van der Waals surface area (Å²) in [5.41, 5.74) is 1.62. The number of carbonyl (C=O) groups excluding carboxylic acids is 1. The second-order valence-electron chi connectivity index (χ2n) is 7.75. The number of halogens is 2. The summed E-state index contributed by atoms with van der Waals surface area (Å²) in [6.45, 7) is 4.18. The molecule has 2 aromatic rings. The van der Waals surface area contributed by atoms with Crippen molar-refractivity contribution in [1.82, 2.24) is 0 Å². The summed E-state index contributed by atoms with van der Waals surface area (Å²) in [6.07, 6.45) is 5.28. The summed E-state index contributed by atoms with van der Waals surface area (Å²) >= 11 is 12.9. The van der Waals surface area contributed by atoms with Crippen LogP contribution in [0.25, 0.3) is 0 Å². The second kappa shape index (κ2) is 9.73. The van der Waals surface area contributed by atoms with Crippen LogP contribution >= 0.6 is 23.2 Å². The van der Waals surface area contributed by atoms with E-state index in [1.807, 2.05) is 18.2 Å². The molecule has 0 radical (unpaired) electrons. The van der Waals surface area contributed by atoms with Crippen molar-refractivity contribution in [2.75, 3.05) is 12.4 Å². The molecule has 3 rings (SSSR count). The Labute approximate surface area is 182 Å². The number of anilines is 1. The van der Waals surface area contributed by atoms with Gasteiger partial charge < -0.3 is 14.8 Å². The molecule has 1 fully saturated rings. The van der Waals surface area contributed by atoms with E-state index in [1.54, 1.807) is 19.2 Å². The van der Waals surface area contributed by atoms with Crippen LogP contribution in [0.3, 0.4) is 0 Å². The fourth-order valence-electron chi connectivity index (χ4n) is 3.68. The zero-order chi connectivity index (χ0) is 21.0. The minimum absolute atomic E-state index is 0.0298. The van der Waals surface area contributed by atoms with E-state index >= 15 is 0 Å². The number of amides is 1. The highest BCUT2D eigenvalue weighted by molar-refractivity contribution is 6.37. The predicted molar refractivity (Wildman–Crippen MR) is 119 cm³/mol. The molecule has 0 heterocycles. The molecule has 156 valence electrons. The molecule has 1 amide bonds. The quantitative estimate of drug-likeness (QED) is 0.512. The van der Waals surface area contributed by atoms with Crippen LogP contribution in [-0.4, -0.2) is 13.0 Å². The minimum atomic E-state index is 0.0298. The van der Waals surface area contributed by atoms with E-state index in [0.717, 1.165) is 37.0 Å². The van der Waals surface area contributed by atoms with Crippen LogP contribution in [0.1, 0.15) is 57.4 Å². The Balaban J connectivity index is 1.77. The Bertz CT molecular complexity index is 853. The first-order chi connectivity index (χ1) is 13.9. The first kappa shape index (κ1) is 21.8. The molecule has 0 spiro atoms. The summed E-state index contributed by atoms with van der Waals surface area (Å²) in [7, 11) is 1.65. The van der Waals surface area contributed by atoms with Gasteiger partial charge in [0.1, 0.15) is 11.5 Å². The zero-order valence-corrected chi connectivity index (χ0v) is 18.6. The van der Waals surface area contributed by atoms with Crippen LogP contribution in [0, 0.1) is 5.92 Å². The van der Waals surface area contributed by atoms with Gasteiger partial charge in [-0.05, 0) is 49.1 Å². The van der Waals surface area contributed by atoms with Crippen LogP contribution < -0.4 is 14.8 Å². The van der Waals surface area contributed by atoms with Crippen molar-refractivity contribution in [3.05, 3.63) is 45.9 Å². The Morgan fingerprint density at radius 2 is 1.72 bits per heavy atom. The average Bonchev–Trinajstić information content (AvgIpc) is 2.71. The smallest absolute Gasteiger partial charge is 0.227 e. The standard InChI is InChI=1S/C23H27Cl2NO3/c1-14(2)18-13-17(9-10-21(18)28-3)29-22-19(24)11-16(12-20(22)25)26-23(27)15-7-5-4-6-8-15/h9-15H,4-8H2,1-3H3,(H,26,27). The topological polar surface area (TPSA) is 47.6 Å². The summed E-state index contributed by atoms with van der Waals surface area (Å²) in [5, 5.41) is 3.63. The summed E-state index contributed by atoms with van der Waals surface area (Å²) in [5.74, 6) is 2.16. The van der Waals surface area contributed by atoms with Gasteiger partial charge in [0.15, 0.2) is 5.75 Å². The van der Waals surface area contributed by atoms with Crippen LogP contribution in [-0.2, 0) is 4.79 Å². The van der Waals surface area contributed by atoms with Gasteiger partial charge in [0.25, 0.3) is 0 Å². The van der Waals surface area contributed by atoms with E-state index in [2.05, 4.69) is 19.2 Å². The molecule has 1 N–H and O–H groups in total. The van der Waals surface area contributed by atoms with E-state index in [9.17, 15) is 4.79 Å². The van der Waals surface area contributed by atoms with E-state index in [-0.39, 0.29) is 17.7 Å². The first-order valence-corrected chi connectivity index (χ1v) is 10.8. The van der Waals surface area contributed by atoms with Gasteiger partial charge in [-0.2, -0.15) is 0 Å². The molecule has 2 aromatic carbocycles. The van der Waals surface area contributed by atoms with Gasteiger partial charge >= 0.3 is 0 Å². The van der Waals surface area contributed by atoms with Crippen LogP contribution in [0.15, 0.2) is 30.3 Å². The van der Waals surface area contributed by atoms with E-state index in [4.69, 9.17) is 32.7 Å². The molecule has 0 saturated heterocycles. The maximum absolute atomic E-state index is 12.5. The minimum Gasteiger partial charge on any atom is -0.496 e. The fraction of sp³-hybridized carbons (Fsp3) is 0.435.